The maximum atomic E-state index is 12.3. The van der Waals surface area contributed by atoms with Crippen LogP contribution in [0.2, 0.25) is 10.0 Å². The minimum Gasteiger partial charge on any atom is -0.382 e. The van der Waals surface area contributed by atoms with Crippen molar-refractivity contribution in [2.75, 3.05) is 0 Å². The van der Waals surface area contributed by atoms with E-state index in [-0.39, 0.29) is 5.02 Å². The lowest BCUT2D eigenvalue weighted by Gasteiger charge is -2.15. The summed E-state index contributed by atoms with van der Waals surface area (Å²) in [6.45, 7) is 0. The quantitative estimate of drug-likeness (QED) is 0.551. The third-order valence-corrected chi connectivity index (χ3v) is 4.82. The molecule has 2 aromatic carbocycles. The summed E-state index contributed by atoms with van der Waals surface area (Å²) in [5, 5.41) is 23.8. The fourth-order valence-electron chi connectivity index (χ4n) is 2.82. The molecule has 1 unspecified atom stereocenters. The number of aromatic nitrogens is 6. The predicted octanol–water partition coefficient (Wildman–Crippen LogP) is 2.54. The zero-order chi connectivity index (χ0) is 19.8. The third kappa shape index (κ3) is 3.22. The molecule has 142 valence electrons. The number of halogens is 2. The average molecular weight is 417 g/mol. The number of tetrazole rings is 1. The van der Waals surface area contributed by atoms with Gasteiger partial charge in [-0.2, -0.15) is 14.5 Å². The topological polar surface area (TPSA) is 90.8 Å². The Morgan fingerprint density at radius 1 is 1.04 bits per heavy atom. The summed E-state index contributed by atoms with van der Waals surface area (Å²) in [6.07, 6.45) is 0.540. The molecule has 0 aliphatic carbocycles. The van der Waals surface area contributed by atoms with E-state index >= 15 is 0 Å². The number of benzene rings is 2. The number of hydrogen-bond acceptors (Lipinski definition) is 5. The third-order valence-electron chi connectivity index (χ3n) is 4.23. The lowest BCUT2D eigenvalue weighted by atomic mass is 10.0. The smallest absolute Gasteiger partial charge is 0.368 e. The first-order chi connectivity index (χ1) is 13.5. The number of aliphatic hydroxyl groups excluding tert-OH is 1. The maximum Gasteiger partial charge on any atom is 0.368 e. The molecule has 0 saturated heterocycles. The van der Waals surface area contributed by atoms with Crippen LogP contribution in [0.3, 0.4) is 0 Å². The molecule has 0 fully saturated rings. The summed E-state index contributed by atoms with van der Waals surface area (Å²) in [4.78, 5) is 12.3. The highest BCUT2D eigenvalue weighted by atomic mass is 35.5. The molecule has 4 aromatic rings. The second kappa shape index (κ2) is 7.23. The normalized spacial score (nSPS) is 12.3. The Balaban J connectivity index is 1.77. The molecule has 10 heteroatoms. The molecule has 0 saturated carbocycles. The van der Waals surface area contributed by atoms with Gasteiger partial charge in [-0.1, -0.05) is 29.3 Å². The Bertz CT molecular complexity index is 1200. The first-order valence-corrected chi connectivity index (χ1v) is 8.98. The SMILES string of the molecule is Cn1nnn(-c2cccc(Cl)c2C(O)c2ccn(-c3ccc(Cl)cc3)n2)c1=O. The van der Waals surface area contributed by atoms with Crippen molar-refractivity contribution in [3.05, 3.63) is 86.5 Å². The second-order valence-corrected chi connectivity index (χ2v) is 6.88. The van der Waals surface area contributed by atoms with Crippen LogP contribution in [0.15, 0.2) is 59.5 Å². The van der Waals surface area contributed by atoms with Crippen LogP contribution >= 0.6 is 23.2 Å². The van der Waals surface area contributed by atoms with Crippen molar-refractivity contribution < 1.29 is 5.11 Å². The van der Waals surface area contributed by atoms with Gasteiger partial charge in [-0.25, -0.2) is 9.48 Å². The summed E-state index contributed by atoms with van der Waals surface area (Å²) >= 11 is 12.3. The second-order valence-electron chi connectivity index (χ2n) is 6.03. The molecule has 0 aliphatic rings. The summed E-state index contributed by atoms with van der Waals surface area (Å²) in [7, 11) is 1.49. The molecule has 0 bridgehead atoms. The van der Waals surface area contributed by atoms with Gasteiger partial charge in [0.2, 0.25) is 0 Å². The first-order valence-electron chi connectivity index (χ1n) is 8.23. The van der Waals surface area contributed by atoms with Crippen molar-refractivity contribution in [1.29, 1.82) is 0 Å². The van der Waals surface area contributed by atoms with E-state index in [0.717, 1.165) is 15.1 Å². The number of nitrogens with zero attached hydrogens (tertiary/aromatic N) is 6. The standard InChI is InChI=1S/C18H14Cl2N6O2/c1-24-18(28)26(23-22-24)15-4-2-3-13(20)16(15)17(27)14-9-10-25(21-14)12-7-5-11(19)6-8-12/h2-10,17,27H,1H3. The average Bonchev–Trinajstić information content (AvgIpc) is 3.30. The zero-order valence-corrected chi connectivity index (χ0v) is 16.1. The summed E-state index contributed by atoms with van der Waals surface area (Å²) in [5.41, 5.74) is 1.34. The molecule has 8 nitrogen and oxygen atoms in total. The molecule has 1 N–H and O–H groups in total. The number of aliphatic hydroxyl groups is 1. The maximum absolute atomic E-state index is 12.3. The van der Waals surface area contributed by atoms with Crippen LogP contribution in [0.25, 0.3) is 11.4 Å². The largest absolute Gasteiger partial charge is 0.382 e. The molecule has 2 heterocycles. The number of aryl methyl sites for hydroxylation is 1. The van der Waals surface area contributed by atoms with Gasteiger partial charge in [-0.15, -0.1) is 0 Å². The predicted molar refractivity (Wildman–Crippen MR) is 104 cm³/mol. The highest BCUT2D eigenvalue weighted by Crippen LogP contribution is 2.32. The van der Waals surface area contributed by atoms with E-state index < -0.39 is 11.8 Å². The van der Waals surface area contributed by atoms with Crippen LogP contribution in [-0.2, 0) is 7.05 Å². The molecular formula is C18H14Cl2N6O2. The molecular weight excluding hydrogens is 403 g/mol. The highest BCUT2D eigenvalue weighted by molar-refractivity contribution is 6.31. The highest BCUT2D eigenvalue weighted by Gasteiger charge is 2.23. The van der Waals surface area contributed by atoms with E-state index in [0.29, 0.717) is 22.0 Å². The van der Waals surface area contributed by atoms with Gasteiger partial charge >= 0.3 is 5.69 Å². The van der Waals surface area contributed by atoms with Gasteiger partial charge in [0.15, 0.2) is 0 Å². The van der Waals surface area contributed by atoms with Crippen molar-refractivity contribution in [2.45, 2.75) is 6.10 Å². The zero-order valence-electron chi connectivity index (χ0n) is 14.6. The lowest BCUT2D eigenvalue weighted by molar-refractivity contribution is 0.214. The minimum absolute atomic E-state index is 0.281. The van der Waals surface area contributed by atoms with E-state index in [4.69, 9.17) is 23.2 Å². The van der Waals surface area contributed by atoms with Crippen molar-refractivity contribution in [1.82, 2.24) is 29.6 Å². The molecule has 0 spiro atoms. The fraction of sp³-hybridized carbons (Fsp3) is 0.111. The molecule has 2 aromatic heterocycles. The van der Waals surface area contributed by atoms with Gasteiger partial charge in [-0.05, 0) is 52.9 Å². The number of rotatable bonds is 4. The van der Waals surface area contributed by atoms with Gasteiger partial charge in [-0.3, -0.25) is 0 Å². The van der Waals surface area contributed by atoms with E-state index in [1.165, 1.54) is 7.05 Å². The van der Waals surface area contributed by atoms with Crippen molar-refractivity contribution >= 4 is 23.2 Å². The van der Waals surface area contributed by atoms with E-state index in [2.05, 4.69) is 15.5 Å². The van der Waals surface area contributed by atoms with E-state index in [1.54, 1.807) is 47.3 Å². The van der Waals surface area contributed by atoms with Crippen LogP contribution in [0.4, 0.5) is 0 Å². The van der Waals surface area contributed by atoms with Gasteiger partial charge < -0.3 is 5.11 Å². The Kier molecular flexibility index (Phi) is 4.76. The first kappa shape index (κ1) is 18.4. The summed E-state index contributed by atoms with van der Waals surface area (Å²) < 4.78 is 3.78. The Morgan fingerprint density at radius 3 is 2.46 bits per heavy atom. The van der Waals surface area contributed by atoms with Crippen molar-refractivity contribution in [3.63, 3.8) is 0 Å². The van der Waals surface area contributed by atoms with Crippen molar-refractivity contribution in [2.24, 2.45) is 7.05 Å². The fourth-order valence-corrected chi connectivity index (χ4v) is 3.21. The molecule has 4 rings (SSSR count). The monoisotopic (exact) mass is 416 g/mol. The van der Waals surface area contributed by atoms with Gasteiger partial charge in [0, 0.05) is 28.9 Å². The van der Waals surface area contributed by atoms with Gasteiger partial charge in [0.05, 0.1) is 17.1 Å². The van der Waals surface area contributed by atoms with Gasteiger partial charge in [0.1, 0.15) is 6.10 Å². The summed E-state index contributed by atoms with van der Waals surface area (Å²) in [6, 6.07) is 13.7. The molecule has 0 aliphatic heterocycles. The van der Waals surface area contributed by atoms with Gasteiger partial charge in [0.25, 0.3) is 0 Å². The number of hydrogen-bond donors (Lipinski definition) is 1. The van der Waals surface area contributed by atoms with Crippen LogP contribution < -0.4 is 5.69 Å². The Labute approximate surface area is 169 Å². The van der Waals surface area contributed by atoms with E-state index in [1.807, 2.05) is 12.1 Å². The summed E-state index contributed by atoms with van der Waals surface area (Å²) in [5.74, 6) is 0. The molecule has 0 radical (unpaired) electrons. The Hall–Kier alpha value is -2.94. The van der Waals surface area contributed by atoms with Crippen LogP contribution in [0.5, 0.6) is 0 Å². The Morgan fingerprint density at radius 2 is 1.79 bits per heavy atom. The van der Waals surface area contributed by atoms with Crippen LogP contribution in [0, 0.1) is 0 Å². The molecule has 1 atom stereocenters. The van der Waals surface area contributed by atoms with E-state index in [9.17, 15) is 9.90 Å². The van der Waals surface area contributed by atoms with Crippen molar-refractivity contribution in [3.8, 4) is 11.4 Å². The van der Waals surface area contributed by atoms with Crippen LogP contribution in [-0.4, -0.2) is 34.7 Å². The lowest BCUT2D eigenvalue weighted by Crippen LogP contribution is -2.23. The minimum atomic E-state index is -1.17. The molecule has 0 amide bonds. The molecule has 28 heavy (non-hydrogen) atoms. The van der Waals surface area contributed by atoms with Crippen LogP contribution in [0.1, 0.15) is 17.4 Å².